The molecular formula is C20H20N2O3S. The van der Waals surface area contributed by atoms with Gasteiger partial charge in [0.05, 0.1) is 12.1 Å². The third-order valence-electron chi connectivity index (χ3n) is 4.27. The van der Waals surface area contributed by atoms with E-state index in [9.17, 15) is 9.59 Å². The second-order valence-corrected chi connectivity index (χ2v) is 7.08. The number of thiophene rings is 1. The molecule has 3 rings (SSSR count). The van der Waals surface area contributed by atoms with Gasteiger partial charge < -0.3 is 15.0 Å². The van der Waals surface area contributed by atoms with Crippen molar-refractivity contribution in [2.24, 2.45) is 5.73 Å². The Bertz CT molecular complexity index is 914. The predicted molar refractivity (Wildman–Crippen MR) is 101 cm³/mol. The number of primary amides is 1. The van der Waals surface area contributed by atoms with E-state index < -0.39 is 18.0 Å². The first-order valence-corrected chi connectivity index (χ1v) is 9.09. The number of hydrogen-bond acceptors (Lipinski definition) is 4. The molecule has 0 saturated heterocycles. The standard InChI is InChI=1S/C20H20N2O3S/c1-13-11-17(14(2)22(13)12-16-9-6-10-26-16)20(24)25-18(19(21)23)15-7-4-3-5-8-15/h3-11,18H,12H2,1-2H3,(H2,21,23). The van der Waals surface area contributed by atoms with Crippen molar-refractivity contribution in [2.75, 3.05) is 0 Å². The summed E-state index contributed by atoms with van der Waals surface area (Å²) in [7, 11) is 0. The molecule has 0 radical (unpaired) electrons. The number of ether oxygens (including phenoxy) is 1. The van der Waals surface area contributed by atoms with E-state index in [1.54, 1.807) is 41.7 Å². The van der Waals surface area contributed by atoms with Gasteiger partial charge in [-0.05, 0) is 31.4 Å². The maximum atomic E-state index is 12.7. The molecule has 0 spiro atoms. The number of aryl methyl sites for hydroxylation is 1. The lowest BCUT2D eigenvalue weighted by Crippen LogP contribution is -2.26. The Labute approximate surface area is 156 Å². The van der Waals surface area contributed by atoms with Gasteiger partial charge in [0.15, 0.2) is 0 Å². The van der Waals surface area contributed by atoms with E-state index in [-0.39, 0.29) is 0 Å². The zero-order valence-corrected chi connectivity index (χ0v) is 15.5. The van der Waals surface area contributed by atoms with Crippen molar-refractivity contribution >= 4 is 23.2 Å². The maximum Gasteiger partial charge on any atom is 0.341 e. The Kier molecular flexibility index (Phi) is 5.23. The van der Waals surface area contributed by atoms with E-state index >= 15 is 0 Å². The largest absolute Gasteiger partial charge is 0.444 e. The summed E-state index contributed by atoms with van der Waals surface area (Å²) in [6, 6.07) is 14.6. The average molecular weight is 368 g/mol. The summed E-state index contributed by atoms with van der Waals surface area (Å²) in [4.78, 5) is 25.7. The Morgan fingerprint density at radius 1 is 1.15 bits per heavy atom. The van der Waals surface area contributed by atoms with Crippen molar-refractivity contribution in [1.29, 1.82) is 0 Å². The van der Waals surface area contributed by atoms with Gasteiger partial charge in [-0.2, -0.15) is 0 Å². The molecule has 2 aromatic heterocycles. The van der Waals surface area contributed by atoms with Crippen LogP contribution in [0.1, 0.15) is 38.3 Å². The smallest absolute Gasteiger partial charge is 0.341 e. The summed E-state index contributed by atoms with van der Waals surface area (Å²) >= 11 is 1.67. The van der Waals surface area contributed by atoms with Gasteiger partial charge in [-0.3, -0.25) is 4.79 Å². The Hall–Kier alpha value is -2.86. The first-order chi connectivity index (χ1) is 12.5. The highest BCUT2D eigenvalue weighted by Gasteiger charge is 2.25. The van der Waals surface area contributed by atoms with Crippen molar-refractivity contribution in [3.05, 3.63) is 81.3 Å². The Morgan fingerprint density at radius 2 is 1.88 bits per heavy atom. The van der Waals surface area contributed by atoms with Crippen molar-refractivity contribution in [3.63, 3.8) is 0 Å². The first kappa shape index (κ1) is 17.9. The number of nitrogens with two attached hydrogens (primary N) is 1. The van der Waals surface area contributed by atoms with Gasteiger partial charge in [-0.25, -0.2) is 4.79 Å². The van der Waals surface area contributed by atoms with Crippen molar-refractivity contribution in [1.82, 2.24) is 4.57 Å². The molecule has 2 heterocycles. The third-order valence-corrected chi connectivity index (χ3v) is 5.13. The molecule has 0 aliphatic carbocycles. The lowest BCUT2D eigenvalue weighted by Gasteiger charge is -2.15. The molecule has 134 valence electrons. The second kappa shape index (κ2) is 7.58. The second-order valence-electron chi connectivity index (χ2n) is 6.05. The molecule has 1 unspecified atom stereocenters. The molecule has 0 bridgehead atoms. The molecule has 0 fully saturated rings. The number of nitrogens with zero attached hydrogens (tertiary/aromatic N) is 1. The van der Waals surface area contributed by atoms with Gasteiger partial charge in [-0.1, -0.05) is 36.4 Å². The van der Waals surface area contributed by atoms with Crippen molar-refractivity contribution < 1.29 is 14.3 Å². The molecule has 2 N–H and O–H groups in total. The molecule has 1 amide bonds. The molecule has 26 heavy (non-hydrogen) atoms. The molecule has 3 aromatic rings. The number of aromatic nitrogens is 1. The number of carbonyl (C=O) groups excluding carboxylic acids is 2. The number of esters is 1. The van der Waals surface area contributed by atoms with Crippen LogP contribution in [0.2, 0.25) is 0 Å². The maximum absolute atomic E-state index is 12.7. The molecule has 0 aliphatic rings. The van der Waals surface area contributed by atoms with Crippen LogP contribution in [0.5, 0.6) is 0 Å². The third kappa shape index (κ3) is 3.70. The molecule has 6 heteroatoms. The van der Waals surface area contributed by atoms with Gasteiger partial charge in [0.1, 0.15) is 0 Å². The monoisotopic (exact) mass is 368 g/mol. The van der Waals surface area contributed by atoms with Crippen LogP contribution in [0.25, 0.3) is 0 Å². The van der Waals surface area contributed by atoms with E-state index in [2.05, 4.69) is 10.6 Å². The van der Waals surface area contributed by atoms with Gasteiger partial charge in [-0.15, -0.1) is 11.3 Å². The highest BCUT2D eigenvalue weighted by Crippen LogP contribution is 2.23. The Morgan fingerprint density at radius 3 is 2.50 bits per heavy atom. The van der Waals surface area contributed by atoms with Crippen molar-refractivity contribution in [2.45, 2.75) is 26.5 Å². The highest BCUT2D eigenvalue weighted by atomic mass is 32.1. The highest BCUT2D eigenvalue weighted by molar-refractivity contribution is 7.09. The number of hydrogen-bond donors (Lipinski definition) is 1. The predicted octanol–water partition coefficient (Wildman–Crippen LogP) is 3.60. The van der Waals surface area contributed by atoms with E-state index in [4.69, 9.17) is 10.5 Å². The van der Waals surface area contributed by atoms with Crippen LogP contribution >= 0.6 is 11.3 Å². The summed E-state index contributed by atoms with van der Waals surface area (Å²) in [5.74, 6) is -1.25. The van der Waals surface area contributed by atoms with E-state index in [0.717, 1.165) is 11.4 Å². The summed E-state index contributed by atoms with van der Waals surface area (Å²) in [5, 5.41) is 2.02. The zero-order valence-electron chi connectivity index (χ0n) is 14.6. The fraction of sp³-hybridized carbons (Fsp3) is 0.200. The first-order valence-electron chi connectivity index (χ1n) is 8.21. The summed E-state index contributed by atoms with van der Waals surface area (Å²) < 4.78 is 7.50. The number of amides is 1. The number of carbonyl (C=O) groups is 2. The van der Waals surface area contributed by atoms with Crippen LogP contribution in [-0.2, 0) is 16.1 Å². The summed E-state index contributed by atoms with van der Waals surface area (Å²) in [5.41, 5.74) is 8.20. The molecule has 1 atom stereocenters. The summed E-state index contributed by atoms with van der Waals surface area (Å²) in [6.45, 7) is 4.51. The van der Waals surface area contributed by atoms with Crippen LogP contribution in [0.4, 0.5) is 0 Å². The van der Waals surface area contributed by atoms with Gasteiger partial charge in [0, 0.05) is 21.8 Å². The zero-order chi connectivity index (χ0) is 18.7. The molecular weight excluding hydrogens is 348 g/mol. The minimum atomic E-state index is -1.11. The lowest BCUT2D eigenvalue weighted by molar-refractivity contribution is -0.127. The normalized spacial score (nSPS) is 11.9. The van der Waals surface area contributed by atoms with Gasteiger partial charge >= 0.3 is 5.97 Å². The minimum Gasteiger partial charge on any atom is -0.444 e. The average Bonchev–Trinajstić information content (AvgIpc) is 3.23. The van der Waals surface area contributed by atoms with E-state index in [0.29, 0.717) is 17.7 Å². The molecule has 1 aromatic carbocycles. The quantitative estimate of drug-likeness (QED) is 0.676. The van der Waals surface area contributed by atoms with Crippen LogP contribution in [0.15, 0.2) is 53.9 Å². The fourth-order valence-electron chi connectivity index (χ4n) is 2.90. The fourth-order valence-corrected chi connectivity index (χ4v) is 3.59. The van der Waals surface area contributed by atoms with Crippen LogP contribution in [0.3, 0.4) is 0 Å². The number of benzene rings is 1. The van der Waals surface area contributed by atoms with Crippen molar-refractivity contribution in [3.8, 4) is 0 Å². The van der Waals surface area contributed by atoms with E-state index in [1.807, 2.05) is 31.4 Å². The number of rotatable bonds is 6. The molecule has 5 nitrogen and oxygen atoms in total. The Balaban J connectivity index is 1.84. The van der Waals surface area contributed by atoms with Crippen LogP contribution in [0, 0.1) is 13.8 Å². The minimum absolute atomic E-state index is 0.446. The van der Waals surface area contributed by atoms with Crippen LogP contribution in [-0.4, -0.2) is 16.4 Å². The van der Waals surface area contributed by atoms with Gasteiger partial charge in [0.2, 0.25) is 6.10 Å². The van der Waals surface area contributed by atoms with Gasteiger partial charge in [0.25, 0.3) is 5.91 Å². The molecule has 0 saturated carbocycles. The van der Waals surface area contributed by atoms with E-state index in [1.165, 1.54) is 4.88 Å². The summed E-state index contributed by atoms with van der Waals surface area (Å²) in [6.07, 6.45) is -1.11. The molecule has 0 aliphatic heterocycles. The van der Waals surface area contributed by atoms with Crippen LogP contribution < -0.4 is 5.73 Å². The lowest BCUT2D eigenvalue weighted by atomic mass is 10.1. The SMILES string of the molecule is Cc1cc(C(=O)OC(C(N)=O)c2ccccc2)c(C)n1Cc1cccs1. The topological polar surface area (TPSA) is 74.3 Å².